The van der Waals surface area contributed by atoms with Crippen LogP contribution in [-0.4, -0.2) is 52.2 Å². The molecule has 9 nitrogen and oxygen atoms in total. The van der Waals surface area contributed by atoms with Gasteiger partial charge in [-0.2, -0.15) is 4.98 Å². The summed E-state index contributed by atoms with van der Waals surface area (Å²) in [4.78, 5) is 28.6. The van der Waals surface area contributed by atoms with Gasteiger partial charge in [0.05, 0.1) is 0 Å². The van der Waals surface area contributed by atoms with Gasteiger partial charge < -0.3 is 20.9 Å². The smallest absolute Gasteiger partial charge is 0.320 e. The van der Waals surface area contributed by atoms with Gasteiger partial charge in [0.1, 0.15) is 5.82 Å². The molecule has 1 aliphatic carbocycles. The van der Waals surface area contributed by atoms with Crippen molar-refractivity contribution in [2.75, 3.05) is 28.6 Å². The first-order valence-electron chi connectivity index (χ1n) is 13.0. The summed E-state index contributed by atoms with van der Waals surface area (Å²) in [6.45, 7) is 8.34. The van der Waals surface area contributed by atoms with E-state index in [2.05, 4.69) is 67.1 Å². The Balaban J connectivity index is 1.26. The monoisotopic (exact) mass is 488 g/mol. The minimum atomic E-state index is -0.211. The van der Waals surface area contributed by atoms with E-state index in [1.54, 1.807) is 6.20 Å². The maximum atomic E-state index is 12.5. The number of nitrogens with one attached hydrogen (secondary N) is 4. The summed E-state index contributed by atoms with van der Waals surface area (Å²) in [5.41, 5.74) is 3.52. The van der Waals surface area contributed by atoms with Gasteiger partial charge in [0.2, 0.25) is 5.95 Å². The molecule has 3 heterocycles. The van der Waals surface area contributed by atoms with E-state index in [0.29, 0.717) is 29.5 Å². The number of hydrogen-bond acceptors (Lipinski definition) is 7. The summed E-state index contributed by atoms with van der Waals surface area (Å²) in [6.07, 6.45) is 7.42. The number of urea groups is 1. The van der Waals surface area contributed by atoms with Gasteiger partial charge in [0, 0.05) is 54.2 Å². The molecule has 190 valence electrons. The highest BCUT2D eigenvalue weighted by Gasteiger charge is 2.21. The van der Waals surface area contributed by atoms with Gasteiger partial charge in [-0.05, 0) is 69.5 Å². The molecule has 2 atom stereocenters. The van der Waals surface area contributed by atoms with Crippen molar-refractivity contribution in [1.82, 2.24) is 25.6 Å². The number of rotatable bonds is 5. The fourth-order valence-corrected chi connectivity index (χ4v) is 5.25. The first kappa shape index (κ1) is 24.2. The third-order valence-electron chi connectivity index (χ3n) is 6.98. The van der Waals surface area contributed by atoms with E-state index >= 15 is 0 Å². The second kappa shape index (κ2) is 10.7. The van der Waals surface area contributed by atoms with Crippen LogP contribution in [0.5, 0.6) is 0 Å². The average molecular weight is 489 g/mol. The standard InChI is InChI=1S/C27H36N8O/c1-17-13-20-14-28-26(30-22-9-11-23(12-10-22)35-15-18(2)29-19(3)16-35)33-25(20)32-24(17)34-27(36)31-21-7-5-4-6-8-21/h9-14,18-19,21,29H,4-8,15-16H2,1-3H3,(H3,28,30,31,32,33,34,36). The SMILES string of the molecule is Cc1cc2cnc(Nc3ccc(N4CC(C)NC(C)C4)cc3)nc2nc1NC(=O)NC1CCCCC1. The Bertz CT molecular complexity index is 1200. The van der Waals surface area contributed by atoms with Gasteiger partial charge >= 0.3 is 6.03 Å². The van der Waals surface area contributed by atoms with Gasteiger partial charge in [-0.25, -0.2) is 14.8 Å². The molecule has 2 aromatic heterocycles. The lowest BCUT2D eigenvalue weighted by molar-refractivity contribution is 0.244. The van der Waals surface area contributed by atoms with Gasteiger partial charge in [-0.1, -0.05) is 19.3 Å². The number of benzene rings is 1. The highest BCUT2D eigenvalue weighted by molar-refractivity contribution is 5.91. The summed E-state index contributed by atoms with van der Waals surface area (Å²) < 4.78 is 0. The van der Waals surface area contributed by atoms with E-state index in [9.17, 15) is 4.79 Å². The van der Waals surface area contributed by atoms with Crippen molar-refractivity contribution in [3.8, 4) is 0 Å². The Hall–Kier alpha value is -3.46. The van der Waals surface area contributed by atoms with Gasteiger partial charge in [-0.15, -0.1) is 0 Å². The molecule has 2 fully saturated rings. The number of carbonyl (C=O) groups is 1. The Labute approximate surface area is 212 Å². The predicted molar refractivity (Wildman–Crippen MR) is 145 cm³/mol. The van der Waals surface area contributed by atoms with E-state index < -0.39 is 0 Å². The largest absolute Gasteiger partial charge is 0.368 e. The minimum Gasteiger partial charge on any atom is -0.368 e. The Morgan fingerprint density at radius 3 is 2.47 bits per heavy atom. The van der Waals surface area contributed by atoms with Gasteiger partial charge in [0.25, 0.3) is 0 Å². The predicted octanol–water partition coefficient (Wildman–Crippen LogP) is 4.72. The number of nitrogens with zero attached hydrogens (tertiary/aromatic N) is 4. The summed E-state index contributed by atoms with van der Waals surface area (Å²) >= 11 is 0. The lowest BCUT2D eigenvalue weighted by atomic mass is 9.96. The third-order valence-corrected chi connectivity index (χ3v) is 6.98. The number of pyridine rings is 1. The normalized spacial score (nSPS) is 20.8. The third kappa shape index (κ3) is 5.84. The van der Waals surface area contributed by atoms with Crippen molar-refractivity contribution in [2.24, 2.45) is 0 Å². The summed E-state index contributed by atoms with van der Waals surface area (Å²) in [5, 5.41) is 13.7. The molecule has 2 amide bonds. The Kier molecular flexibility index (Phi) is 7.18. The van der Waals surface area contributed by atoms with Crippen LogP contribution in [0.3, 0.4) is 0 Å². The molecule has 9 heteroatoms. The molecule has 2 aliphatic rings. The van der Waals surface area contributed by atoms with Crippen molar-refractivity contribution in [1.29, 1.82) is 0 Å². The molecule has 5 rings (SSSR count). The number of amides is 2. The summed E-state index contributed by atoms with van der Waals surface area (Å²) in [7, 11) is 0. The molecule has 1 aromatic carbocycles. The highest BCUT2D eigenvalue weighted by atomic mass is 16.2. The van der Waals surface area contributed by atoms with Crippen molar-refractivity contribution in [3.05, 3.63) is 42.1 Å². The van der Waals surface area contributed by atoms with E-state index in [4.69, 9.17) is 0 Å². The maximum absolute atomic E-state index is 12.5. The van der Waals surface area contributed by atoms with Crippen LogP contribution in [0.1, 0.15) is 51.5 Å². The van der Waals surface area contributed by atoms with Crippen molar-refractivity contribution < 1.29 is 4.79 Å². The van der Waals surface area contributed by atoms with Crippen LogP contribution >= 0.6 is 0 Å². The molecule has 3 aromatic rings. The molecule has 0 bridgehead atoms. The number of hydrogen-bond donors (Lipinski definition) is 4. The van der Waals surface area contributed by atoms with Crippen LogP contribution < -0.4 is 26.2 Å². The molecule has 1 aliphatic heterocycles. The lowest BCUT2D eigenvalue weighted by Gasteiger charge is -2.37. The van der Waals surface area contributed by atoms with Crippen molar-refractivity contribution in [3.63, 3.8) is 0 Å². The van der Waals surface area contributed by atoms with Crippen LogP contribution in [0.25, 0.3) is 11.0 Å². The van der Waals surface area contributed by atoms with Crippen LogP contribution in [0.2, 0.25) is 0 Å². The zero-order valence-electron chi connectivity index (χ0n) is 21.3. The topological polar surface area (TPSA) is 107 Å². The Morgan fingerprint density at radius 2 is 1.75 bits per heavy atom. The van der Waals surface area contributed by atoms with Crippen LogP contribution in [-0.2, 0) is 0 Å². The zero-order chi connectivity index (χ0) is 25.1. The van der Waals surface area contributed by atoms with Crippen LogP contribution in [0.4, 0.5) is 27.9 Å². The van der Waals surface area contributed by atoms with Crippen molar-refractivity contribution >= 4 is 40.2 Å². The second-order valence-corrected chi connectivity index (χ2v) is 10.2. The highest BCUT2D eigenvalue weighted by Crippen LogP contribution is 2.24. The molecular weight excluding hydrogens is 452 g/mol. The molecule has 0 radical (unpaired) electrons. The first-order chi connectivity index (χ1) is 17.4. The molecule has 4 N–H and O–H groups in total. The fourth-order valence-electron chi connectivity index (χ4n) is 5.25. The number of aryl methyl sites for hydroxylation is 1. The molecule has 1 saturated heterocycles. The number of fused-ring (bicyclic) bond motifs is 1. The maximum Gasteiger partial charge on any atom is 0.320 e. The molecule has 1 saturated carbocycles. The van der Waals surface area contributed by atoms with Crippen molar-refractivity contribution in [2.45, 2.75) is 71.0 Å². The number of aromatic nitrogens is 3. The fraction of sp³-hybridized carbons (Fsp3) is 0.481. The number of piperazine rings is 1. The number of anilines is 4. The van der Waals surface area contributed by atoms with Crippen LogP contribution in [0.15, 0.2) is 36.5 Å². The van der Waals surface area contributed by atoms with E-state index in [0.717, 1.165) is 42.6 Å². The van der Waals surface area contributed by atoms with Gasteiger partial charge in [0.15, 0.2) is 5.65 Å². The minimum absolute atomic E-state index is 0.211. The molecule has 36 heavy (non-hydrogen) atoms. The van der Waals surface area contributed by atoms with Crippen LogP contribution in [0, 0.1) is 6.92 Å². The quantitative estimate of drug-likeness (QED) is 0.412. The van der Waals surface area contributed by atoms with E-state index in [-0.39, 0.29) is 12.1 Å². The molecule has 0 spiro atoms. The Morgan fingerprint density at radius 1 is 1.03 bits per heavy atom. The summed E-state index contributed by atoms with van der Waals surface area (Å²) in [5.74, 6) is 0.984. The van der Waals surface area contributed by atoms with E-state index in [1.807, 2.05) is 25.1 Å². The number of carbonyl (C=O) groups excluding carboxylic acids is 1. The summed E-state index contributed by atoms with van der Waals surface area (Å²) in [6, 6.07) is 11.3. The average Bonchev–Trinajstić information content (AvgIpc) is 2.85. The van der Waals surface area contributed by atoms with Gasteiger partial charge in [-0.3, -0.25) is 5.32 Å². The molecular formula is C27H36N8O. The lowest BCUT2D eigenvalue weighted by Crippen LogP contribution is -2.54. The zero-order valence-corrected chi connectivity index (χ0v) is 21.3. The second-order valence-electron chi connectivity index (χ2n) is 10.2. The molecule has 2 unspecified atom stereocenters. The first-order valence-corrected chi connectivity index (χ1v) is 13.0. The van der Waals surface area contributed by atoms with E-state index in [1.165, 1.54) is 24.9 Å².